The van der Waals surface area contributed by atoms with Crippen molar-refractivity contribution in [1.29, 1.82) is 0 Å². The van der Waals surface area contributed by atoms with Gasteiger partial charge in [-0.3, -0.25) is 14.7 Å². The van der Waals surface area contributed by atoms with Crippen LogP contribution in [0.1, 0.15) is 85.2 Å². The van der Waals surface area contributed by atoms with Crippen LogP contribution in [0.2, 0.25) is 0 Å². The summed E-state index contributed by atoms with van der Waals surface area (Å²) in [4.78, 5) is 30.4. The Morgan fingerprint density at radius 1 is 1.03 bits per heavy atom. The number of nitrogens with one attached hydrogen (secondary N) is 1. The van der Waals surface area contributed by atoms with E-state index in [1.807, 2.05) is 41.0 Å². The number of ether oxygens (including phenoxy) is 1. The van der Waals surface area contributed by atoms with Crippen LogP contribution in [0.5, 0.6) is 5.75 Å². The molecule has 7 nitrogen and oxygen atoms in total. The molecule has 0 spiro atoms. The Balaban J connectivity index is 1.44. The monoisotopic (exact) mass is 438 g/mol. The zero-order valence-corrected chi connectivity index (χ0v) is 19.3. The van der Waals surface area contributed by atoms with Crippen LogP contribution in [-0.4, -0.2) is 63.6 Å². The lowest BCUT2D eigenvalue weighted by atomic mass is 9.89. The second-order valence-corrected chi connectivity index (χ2v) is 9.03. The number of hydrogen-bond donors (Lipinski definition) is 1. The minimum atomic E-state index is 0.00405. The van der Waals surface area contributed by atoms with Crippen LogP contribution < -0.4 is 4.74 Å². The molecule has 4 rings (SSSR count). The Hall–Kier alpha value is -2.83. The summed E-state index contributed by atoms with van der Waals surface area (Å²) in [7, 11) is 0. The first-order valence-electron chi connectivity index (χ1n) is 11.9. The van der Waals surface area contributed by atoms with Crippen LogP contribution in [-0.2, 0) is 0 Å². The summed E-state index contributed by atoms with van der Waals surface area (Å²) in [6.07, 6.45) is 6.55. The smallest absolute Gasteiger partial charge is 0.257 e. The fourth-order valence-electron chi connectivity index (χ4n) is 5.20. The molecule has 2 unspecified atom stereocenters. The van der Waals surface area contributed by atoms with Crippen molar-refractivity contribution < 1.29 is 14.3 Å². The summed E-state index contributed by atoms with van der Waals surface area (Å²) >= 11 is 0. The van der Waals surface area contributed by atoms with Gasteiger partial charge in [-0.1, -0.05) is 12.1 Å². The van der Waals surface area contributed by atoms with Crippen molar-refractivity contribution in [3.63, 3.8) is 0 Å². The van der Waals surface area contributed by atoms with Gasteiger partial charge in [0.05, 0.1) is 29.6 Å². The van der Waals surface area contributed by atoms with E-state index in [9.17, 15) is 9.59 Å². The molecule has 0 bridgehead atoms. The van der Waals surface area contributed by atoms with Gasteiger partial charge in [0.2, 0.25) is 0 Å². The number of carbonyl (C=O) groups excluding carboxylic acids is 2. The lowest BCUT2D eigenvalue weighted by Crippen LogP contribution is -2.47. The van der Waals surface area contributed by atoms with Gasteiger partial charge in [-0.25, -0.2) is 0 Å². The van der Waals surface area contributed by atoms with Gasteiger partial charge < -0.3 is 14.5 Å². The minimum Gasteiger partial charge on any atom is -0.493 e. The van der Waals surface area contributed by atoms with E-state index >= 15 is 0 Å². The molecule has 2 aliphatic rings. The molecule has 0 aliphatic carbocycles. The highest BCUT2D eigenvalue weighted by atomic mass is 16.5. The van der Waals surface area contributed by atoms with Gasteiger partial charge in [-0.05, 0) is 65.0 Å². The second-order valence-electron chi connectivity index (χ2n) is 9.03. The summed E-state index contributed by atoms with van der Waals surface area (Å²) in [6, 6.07) is 7.92. The van der Waals surface area contributed by atoms with Gasteiger partial charge in [0.15, 0.2) is 0 Å². The van der Waals surface area contributed by atoms with Crippen LogP contribution in [0.4, 0.5) is 0 Å². The second kappa shape index (κ2) is 9.76. The first-order valence-corrected chi connectivity index (χ1v) is 11.9. The molecule has 1 N–H and O–H groups in total. The number of nitrogens with zero attached hydrogens (tertiary/aromatic N) is 3. The molecular formula is C25H34N4O3. The predicted molar refractivity (Wildman–Crippen MR) is 123 cm³/mol. The number of likely N-dealkylation sites (tertiary alicyclic amines) is 2. The number of amides is 2. The summed E-state index contributed by atoms with van der Waals surface area (Å²) in [5.41, 5.74) is 2.22. The largest absolute Gasteiger partial charge is 0.493 e. The molecule has 7 heteroatoms. The topological polar surface area (TPSA) is 78.5 Å². The van der Waals surface area contributed by atoms with Crippen molar-refractivity contribution in [2.24, 2.45) is 0 Å². The molecule has 172 valence electrons. The summed E-state index contributed by atoms with van der Waals surface area (Å²) in [5, 5.41) is 7.33. The lowest BCUT2D eigenvalue weighted by Gasteiger charge is -2.39. The number of aromatic nitrogens is 2. The molecule has 1 aromatic heterocycles. The zero-order valence-electron chi connectivity index (χ0n) is 19.3. The van der Waals surface area contributed by atoms with Crippen molar-refractivity contribution in [2.45, 2.75) is 70.9 Å². The molecule has 2 aromatic rings. The average molecular weight is 439 g/mol. The molecular weight excluding hydrogens is 404 g/mol. The highest BCUT2D eigenvalue weighted by Crippen LogP contribution is 2.32. The Kier molecular flexibility index (Phi) is 6.82. The molecule has 32 heavy (non-hydrogen) atoms. The molecule has 0 radical (unpaired) electrons. The van der Waals surface area contributed by atoms with Gasteiger partial charge in [0.1, 0.15) is 5.75 Å². The van der Waals surface area contributed by atoms with E-state index in [1.54, 1.807) is 6.20 Å². The van der Waals surface area contributed by atoms with Crippen LogP contribution in [0.3, 0.4) is 0 Å². The number of piperidine rings is 2. The van der Waals surface area contributed by atoms with E-state index in [1.165, 1.54) is 6.42 Å². The van der Waals surface area contributed by atoms with Crippen LogP contribution >= 0.6 is 0 Å². The molecule has 3 heterocycles. The number of carbonyl (C=O) groups is 2. The molecule has 2 fully saturated rings. The zero-order chi connectivity index (χ0) is 22.7. The van der Waals surface area contributed by atoms with Crippen molar-refractivity contribution in [3.8, 4) is 5.75 Å². The molecule has 2 aliphatic heterocycles. The summed E-state index contributed by atoms with van der Waals surface area (Å²) in [5.74, 6) is 0.911. The van der Waals surface area contributed by atoms with Gasteiger partial charge in [0.25, 0.3) is 11.8 Å². The third kappa shape index (κ3) is 4.38. The van der Waals surface area contributed by atoms with Crippen molar-refractivity contribution in [3.05, 3.63) is 47.3 Å². The van der Waals surface area contributed by atoms with Crippen LogP contribution in [0.15, 0.2) is 30.5 Å². The number of rotatable bonds is 5. The Labute approximate surface area is 190 Å². The van der Waals surface area contributed by atoms with E-state index in [-0.39, 0.29) is 29.8 Å². The van der Waals surface area contributed by atoms with Crippen molar-refractivity contribution in [2.75, 3.05) is 19.7 Å². The fraction of sp³-hybridized carbons (Fsp3) is 0.560. The minimum absolute atomic E-state index is 0.00405. The first kappa shape index (κ1) is 22.4. The van der Waals surface area contributed by atoms with E-state index in [0.29, 0.717) is 36.6 Å². The van der Waals surface area contributed by atoms with E-state index < -0.39 is 0 Å². The number of hydrogen-bond acceptors (Lipinski definition) is 4. The maximum Gasteiger partial charge on any atom is 0.257 e. The van der Waals surface area contributed by atoms with Crippen molar-refractivity contribution in [1.82, 2.24) is 20.0 Å². The fourth-order valence-corrected chi connectivity index (χ4v) is 5.20. The maximum absolute atomic E-state index is 13.4. The lowest BCUT2D eigenvalue weighted by molar-refractivity contribution is 0.0507. The van der Waals surface area contributed by atoms with Crippen LogP contribution in [0.25, 0.3) is 0 Å². The molecule has 1 aromatic carbocycles. The first-order chi connectivity index (χ1) is 15.5. The van der Waals surface area contributed by atoms with Crippen molar-refractivity contribution >= 4 is 11.8 Å². The normalized spacial score (nSPS) is 22.1. The predicted octanol–water partition coefficient (Wildman–Crippen LogP) is 4.23. The summed E-state index contributed by atoms with van der Waals surface area (Å²) in [6.45, 7) is 8.01. The molecule has 2 atom stereocenters. The molecule has 2 amide bonds. The van der Waals surface area contributed by atoms with E-state index in [0.717, 1.165) is 31.4 Å². The Morgan fingerprint density at radius 2 is 1.72 bits per heavy atom. The Bertz CT molecular complexity index is 938. The van der Waals surface area contributed by atoms with E-state index in [2.05, 4.69) is 24.0 Å². The maximum atomic E-state index is 13.4. The van der Waals surface area contributed by atoms with Crippen LogP contribution in [0, 0.1) is 0 Å². The number of benzene rings is 1. The summed E-state index contributed by atoms with van der Waals surface area (Å²) < 4.78 is 5.64. The number of para-hydroxylation sites is 1. The van der Waals surface area contributed by atoms with Gasteiger partial charge >= 0.3 is 0 Å². The SMILES string of the molecule is CCOc1ccccc1C(=O)N1CCC(c2[nH]ncc2C(=O)N2C(C)CCCC2C)CC1. The highest BCUT2D eigenvalue weighted by molar-refractivity contribution is 5.97. The molecule has 0 saturated carbocycles. The highest BCUT2D eigenvalue weighted by Gasteiger charge is 2.34. The third-order valence-corrected chi connectivity index (χ3v) is 6.93. The third-order valence-electron chi connectivity index (χ3n) is 6.93. The Morgan fingerprint density at radius 3 is 2.41 bits per heavy atom. The standard InChI is InChI=1S/C25H34N4O3/c1-4-32-22-11-6-5-10-20(22)24(30)28-14-12-19(13-15-28)23-21(16-26-27-23)25(31)29-17(2)8-7-9-18(29)3/h5-6,10-11,16-19H,4,7-9,12-15H2,1-3H3,(H,26,27). The van der Waals surface area contributed by atoms with Gasteiger partial charge in [-0.2, -0.15) is 5.10 Å². The number of H-pyrrole nitrogens is 1. The quantitative estimate of drug-likeness (QED) is 0.758. The van der Waals surface area contributed by atoms with Gasteiger partial charge in [0, 0.05) is 31.1 Å². The average Bonchev–Trinajstić information content (AvgIpc) is 3.29. The van der Waals surface area contributed by atoms with Gasteiger partial charge in [-0.15, -0.1) is 0 Å². The molecule has 2 saturated heterocycles. The van der Waals surface area contributed by atoms with E-state index in [4.69, 9.17) is 4.74 Å². The number of aromatic amines is 1.